The zero-order valence-electron chi connectivity index (χ0n) is 20.9. The van der Waals surface area contributed by atoms with E-state index in [1.54, 1.807) is 79.3 Å². The minimum atomic E-state index is -1.02. The zero-order chi connectivity index (χ0) is 27.1. The van der Waals surface area contributed by atoms with E-state index in [1.807, 2.05) is 18.2 Å². The lowest BCUT2D eigenvalue weighted by molar-refractivity contribution is -0.132. The van der Waals surface area contributed by atoms with Crippen LogP contribution in [-0.4, -0.2) is 33.3 Å². The zero-order valence-corrected chi connectivity index (χ0v) is 22.5. The highest BCUT2D eigenvalue weighted by molar-refractivity contribution is 9.10. The van der Waals surface area contributed by atoms with Crippen LogP contribution in [0.25, 0.3) is 11.4 Å². The molecule has 1 saturated heterocycles. The van der Waals surface area contributed by atoms with Crippen LogP contribution in [0.2, 0.25) is 0 Å². The van der Waals surface area contributed by atoms with E-state index in [2.05, 4.69) is 15.9 Å². The molecule has 1 fully saturated rings. The number of methoxy groups -OCH3 is 1. The smallest absolute Gasteiger partial charge is 0.300 e. The average molecular weight is 574 g/mol. The number of aliphatic hydroxyl groups excluding tert-OH is 1. The van der Waals surface area contributed by atoms with E-state index in [9.17, 15) is 19.5 Å². The van der Waals surface area contributed by atoms with Crippen molar-refractivity contribution in [3.63, 3.8) is 0 Å². The fourth-order valence-electron chi connectivity index (χ4n) is 4.76. The molecule has 0 bridgehead atoms. The molecule has 1 N–H and O–H groups in total. The fourth-order valence-corrected chi connectivity index (χ4v) is 5.02. The molecule has 9 heteroatoms. The summed E-state index contributed by atoms with van der Waals surface area (Å²) in [6, 6.07) is 21.6. The van der Waals surface area contributed by atoms with E-state index >= 15 is 0 Å². The molecular formula is C29H24BrN3O5. The minimum absolute atomic E-state index is 0.0696. The predicted octanol–water partition coefficient (Wildman–Crippen LogP) is 4.88. The van der Waals surface area contributed by atoms with Gasteiger partial charge >= 0.3 is 0 Å². The number of anilines is 1. The molecule has 5 rings (SSSR count). The van der Waals surface area contributed by atoms with Crippen molar-refractivity contribution in [1.29, 1.82) is 0 Å². The van der Waals surface area contributed by atoms with E-state index in [-0.39, 0.29) is 17.0 Å². The molecule has 4 aromatic rings. The van der Waals surface area contributed by atoms with Gasteiger partial charge in [-0.2, -0.15) is 0 Å². The van der Waals surface area contributed by atoms with Crippen LogP contribution in [0.3, 0.4) is 0 Å². The van der Waals surface area contributed by atoms with Crippen LogP contribution in [0.1, 0.15) is 22.9 Å². The van der Waals surface area contributed by atoms with Crippen LogP contribution in [0.4, 0.5) is 5.69 Å². The van der Waals surface area contributed by atoms with Crippen LogP contribution in [-0.2, 0) is 16.6 Å². The fraction of sp³-hybridized carbons (Fsp3) is 0.138. The number of ketones is 1. The summed E-state index contributed by atoms with van der Waals surface area (Å²) in [6.07, 6.45) is 0. The molecule has 192 valence electrons. The number of carbonyl (C=O) groups is 2. The number of ether oxygens (including phenoxy) is 1. The number of carbonyl (C=O) groups excluding carboxylic acids is 2. The molecule has 8 nitrogen and oxygen atoms in total. The maximum atomic E-state index is 13.8. The number of rotatable bonds is 5. The highest BCUT2D eigenvalue weighted by atomic mass is 79.9. The Morgan fingerprint density at radius 1 is 0.921 bits per heavy atom. The highest BCUT2D eigenvalue weighted by Gasteiger charge is 2.49. The first-order chi connectivity index (χ1) is 18.2. The minimum Gasteiger partial charge on any atom is -0.507 e. The number of nitrogens with zero attached hydrogens (tertiary/aromatic N) is 3. The van der Waals surface area contributed by atoms with Crippen molar-refractivity contribution >= 4 is 39.1 Å². The van der Waals surface area contributed by atoms with Crippen LogP contribution >= 0.6 is 15.9 Å². The lowest BCUT2D eigenvalue weighted by Gasteiger charge is -2.24. The number of halogens is 1. The molecule has 1 amide bonds. The van der Waals surface area contributed by atoms with E-state index in [0.29, 0.717) is 28.3 Å². The number of benzene rings is 3. The number of hydrogen-bond donors (Lipinski definition) is 1. The van der Waals surface area contributed by atoms with E-state index in [4.69, 9.17) is 4.74 Å². The second-order valence-corrected chi connectivity index (χ2v) is 9.77. The number of amides is 1. The van der Waals surface area contributed by atoms with Crippen LogP contribution in [0, 0.1) is 6.92 Å². The average Bonchev–Trinajstić information content (AvgIpc) is 3.31. The monoisotopic (exact) mass is 573 g/mol. The van der Waals surface area contributed by atoms with Gasteiger partial charge in [-0.3, -0.25) is 24.0 Å². The molecule has 38 heavy (non-hydrogen) atoms. The van der Waals surface area contributed by atoms with Crippen molar-refractivity contribution < 1.29 is 19.4 Å². The maximum Gasteiger partial charge on any atom is 0.300 e. The molecule has 0 aliphatic carbocycles. The summed E-state index contributed by atoms with van der Waals surface area (Å²) in [7, 11) is 3.24. The Bertz CT molecular complexity index is 1630. The third-order valence-electron chi connectivity index (χ3n) is 6.76. The Balaban J connectivity index is 1.76. The van der Waals surface area contributed by atoms with Crippen molar-refractivity contribution in [1.82, 2.24) is 9.36 Å². The molecule has 0 radical (unpaired) electrons. The van der Waals surface area contributed by atoms with Crippen LogP contribution < -0.4 is 15.2 Å². The van der Waals surface area contributed by atoms with Gasteiger partial charge in [-0.15, -0.1) is 0 Å². The van der Waals surface area contributed by atoms with Crippen molar-refractivity contribution in [2.45, 2.75) is 13.0 Å². The number of aliphatic hydroxyl groups is 1. The highest BCUT2D eigenvalue weighted by Crippen LogP contribution is 2.42. The van der Waals surface area contributed by atoms with Crippen LogP contribution in [0.15, 0.2) is 93.7 Å². The normalized spacial score (nSPS) is 16.7. The predicted molar refractivity (Wildman–Crippen MR) is 148 cm³/mol. The number of aromatic nitrogens is 2. The molecule has 1 atom stereocenters. The largest absolute Gasteiger partial charge is 0.507 e. The second kappa shape index (κ2) is 9.83. The third kappa shape index (κ3) is 4.05. The Hall–Kier alpha value is -4.37. The molecule has 0 unspecified atom stereocenters. The van der Waals surface area contributed by atoms with Gasteiger partial charge in [0.25, 0.3) is 17.2 Å². The molecule has 0 saturated carbocycles. The Labute approximate surface area is 227 Å². The third-order valence-corrected chi connectivity index (χ3v) is 7.29. The summed E-state index contributed by atoms with van der Waals surface area (Å²) < 4.78 is 9.09. The molecule has 3 aromatic carbocycles. The van der Waals surface area contributed by atoms with Gasteiger partial charge in [-0.1, -0.05) is 46.3 Å². The lowest BCUT2D eigenvalue weighted by atomic mass is 9.95. The summed E-state index contributed by atoms with van der Waals surface area (Å²) in [4.78, 5) is 42.2. The van der Waals surface area contributed by atoms with E-state index in [1.165, 1.54) is 16.7 Å². The Kier molecular flexibility index (Phi) is 6.54. The molecule has 0 spiro atoms. The topological polar surface area (TPSA) is 93.8 Å². The molecule has 2 heterocycles. The van der Waals surface area contributed by atoms with Gasteiger partial charge < -0.3 is 9.84 Å². The first-order valence-electron chi connectivity index (χ1n) is 11.8. The summed E-state index contributed by atoms with van der Waals surface area (Å²) in [5.74, 6) is -1.52. The number of hydrogen-bond acceptors (Lipinski definition) is 5. The van der Waals surface area contributed by atoms with Gasteiger partial charge in [-0.25, -0.2) is 4.68 Å². The summed E-state index contributed by atoms with van der Waals surface area (Å²) in [6.45, 7) is 1.72. The van der Waals surface area contributed by atoms with Gasteiger partial charge in [0.1, 0.15) is 17.2 Å². The SMILES string of the molecule is COc1ccc(C(O)=C2C(=O)C(=O)N(c3c(C)n(C)n(-c4ccccc4)c3=O)[C@@H]2c2ccc(Br)cc2)cc1. The van der Waals surface area contributed by atoms with E-state index < -0.39 is 23.3 Å². The maximum absolute atomic E-state index is 13.8. The van der Waals surface area contributed by atoms with Gasteiger partial charge in [0.2, 0.25) is 0 Å². The van der Waals surface area contributed by atoms with Crippen molar-refractivity contribution in [2.24, 2.45) is 7.05 Å². The number of Topliss-reactive ketones (excluding diaryl/α,β-unsaturated/α-hetero) is 1. The van der Waals surface area contributed by atoms with Gasteiger partial charge in [-0.05, 0) is 61.0 Å². The van der Waals surface area contributed by atoms with Crippen LogP contribution in [0.5, 0.6) is 5.75 Å². The summed E-state index contributed by atoms with van der Waals surface area (Å²) in [5.41, 5.74) is 1.53. The quantitative estimate of drug-likeness (QED) is 0.208. The lowest BCUT2D eigenvalue weighted by Crippen LogP contribution is -2.34. The molecular weight excluding hydrogens is 550 g/mol. The van der Waals surface area contributed by atoms with E-state index in [0.717, 1.165) is 4.47 Å². The molecule has 1 aliphatic rings. The van der Waals surface area contributed by atoms with Gasteiger partial charge in [0.15, 0.2) is 0 Å². The Morgan fingerprint density at radius 2 is 1.55 bits per heavy atom. The van der Waals surface area contributed by atoms with Crippen molar-refractivity contribution in [3.05, 3.63) is 116 Å². The first kappa shape index (κ1) is 25.3. The summed E-state index contributed by atoms with van der Waals surface area (Å²) >= 11 is 3.42. The number of para-hydroxylation sites is 1. The summed E-state index contributed by atoms with van der Waals surface area (Å²) in [5, 5.41) is 11.3. The van der Waals surface area contributed by atoms with Gasteiger partial charge in [0, 0.05) is 17.1 Å². The second-order valence-electron chi connectivity index (χ2n) is 8.86. The first-order valence-corrected chi connectivity index (χ1v) is 12.6. The molecule has 1 aromatic heterocycles. The van der Waals surface area contributed by atoms with Gasteiger partial charge in [0.05, 0.1) is 30.1 Å². The van der Waals surface area contributed by atoms with Crippen molar-refractivity contribution in [3.8, 4) is 11.4 Å². The Morgan fingerprint density at radius 3 is 2.16 bits per heavy atom. The standard InChI is InChI=1S/C29H24BrN3O5/c1-17-24(28(36)33(31(17)2)21-7-5-4-6-8-21)32-25(18-9-13-20(30)14-10-18)23(27(35)29(32)37)26(34)19-11-15-22(38-3)16-12-19/h4-16,25,34H,1-3H3/t25-/m1/s1. The van der Waals surface area contributed by atoms with Crippen molar-refractivity contribution in [2.75, 3.05) is 12.0 Å². The molecule has 1 aliphatic heterocycles.